The minimum Gasteiger partial charge on any atom is -0.481 e. The number of carbonyl (C=O) groups excluding carboxylic acids is 1. The fourth-order valence-corrected chi connectivity index (χ4v) is 5.22. The van der Waals surface area contributed by atoms with Gasteiger partial charge in [-0.3, -0.25) is 9.59 Å². The Labute approximate surface area is 153 Å². The van der Waals surface area contributed by atoms with E-state index in [1.807, 2.05) is 0 Å². The molecule has 1 saturated carbocycles. The van der Waals surface area contributed by atoms with Gasteiger partial charge in [0.1, 0.15) is 0 Å². The highest BCUT2D eigenvalue weighted by Crippen LogP contribution is 2.48. The van der Waals surface area contributed by atoms with Crippen LogP contribution in [0.4, 0.5) is 0 Å². The van der Waals surface area contributed by atoms with E-state index in [4.69, 9.17) is 0 Å². The minimum absolute atomic E-state index is 0.0385. The van der Waals surface area contributed by atoms with Crippen LogP contribution in [0.5, 0.6) is 0 Å². The second-order valence-corrected chi connectivity index (χ2v) is 8.91. The van der Waals surface area contributed by atoms with Crippen LogP contribution in [0.3, 0.4) is 0 Å². The summed E-state index contributed by atoms with van der Waals surface area (Å²) in [5.41, 5.74) is -0.0636. The molecule has 2 atom stereocenters. The molecule has 0 spiro atoms. The summed E-state index contributed by atoms with van der Waals surface area (Å²) in [6.45, 7) is 2.79. The van der Waals surface area contributed by atoms with E-state index >= 15 is 0 Å². The van der Waals surface area contributed by atoms with E-state index in [-0.39, 0.29) is 29.7 Å². The molecule has 2 aliphatic rings. The molecule has 1 aliphatic heterocycles. The van der Waals surface area contributed by atoms with Crippen molar-refractivity contribution in [1.82, 2.24) is 9.62 Å². The number of aliphatic carboxylic acids is 1. The lowest BCUT2D eigenvalue weighted by atomic mass is 9.81. The summed E-state index contributed by atoms with van der Waals surface area (Å²) in [6, 6.07) is 6.23. The van der Waals surface area contributed by atoms with Gasteiger partial charge in [0.05, 0.1) is 16.7 Å². The number of carbonyl (C=O) groups is 2. The number of fused-ring (bicyclic) bond motifs is 1. The predicted octanol–water partition coefficient (Wildman–Crippen LogP) is 1.24. The first-order chi connectivity index (χ1) is 12.3. The van der Waals surface area contributed by atoms with Gasteiger partial charge >= 0.3 is 5.97 Å². The van der Waals surface area contributed by atoms with Gasteiger partial charge in [-0.25, -0.2) is 13.1 Å². The lowest BCUT2D eigenvalue weighted by Gasteiger charge is -2.23. The summed E-state index contributed by atoms with van der Waals surface area (Å²) in [5, 5.41) is 9.61. The third-order valence-electron chi connectivity index (χ3n) is 5.57. The van der Waals surface area contributed by atoms with Crippen molar-refractivity contribution in [1.29, 1.82) is 0 Å². The van der Waals surface area contributed by atoms with Gasteiger partial charge in [-0.15, -0.1) is 0 Å². The zero-order valence-corrected chi connectivity index (χ0v) is 15.6. The van der Waals surface area contributed by atoms with E-state index in [2.05, 4.69) is 4.72 Å². The Morgan fingerprint density at radius 3 is 2.58 bits per heavy atom. The number of rotatable bonds is 6. The third-order valence-corrected chi connectivity index (χ3v) is 7.13. The molecule has 2 fully saturated rings. The first-order valence-corrected chi connectivity index (χ1v) is 10.4. The van der Waals surface area contributed by atoms with Crippen LogP contribution in [-0.2, 0) is 26.0 Å². The molecular formula is C18H24N2O5S. The molecule has 1 heterocycles. The third kappa shape index (κ3) is 3.35. The second-order valence-electron chi connectivity index (χ2n) is 7.15. The molecule has 1 aromatic rings. The number of likely N-dealkylation sites (tertiary alicyclic amines) is 1. The number of nitrogens with one attached hydrogen (secondary N) is 1. The van der Waals surface area contributed by atoms with Crippen molar-refractivity contribution < 1.29 is 23.1 Å². The SMILES string of the molecule is CCNS(=O)(=O)c1ccc(CC(=O)N2C[C@@H]3CCC[C@@]3(C(=O)O)C2)cc1. The smallest absolute Gasteiger partial charge is 0.311 e. The van der Waals surface area contributed by atoms with Crippen LogP contribution in [0.2, 0.25) is 0 Å². The van der Waals surface area contributed by atoms with E-state index in [1.54, 1.807) is 24.0 Å². The maximum atomic E-state index is 12.6. The highest BCUT2D eigenvalue weighted by molar-refractivity contribution is 7.89. The normalized spacial score (nSPS) is 25.3. The number of sulfonamides is 1. The Morgan fingerprint density at radius 2 is 2.00 bits per heavy atom. The van der Waals surface area contributed by atoms with Gasteiger partial charge in [-0.2, -0.15) is 0 Å². The number of nitrogens with zero attached hydrogens (tertiary/aromatic N) is 1. The fourth-order valence-electron chi connectivity index (χ4n) is 4.18. The lowest BCUT2D eigenvalue weighted by Crippen LogP contribution is -2.37. The molecule has 1 saturated heterocycles. The molecule has 1 amide bonds. The summed E-state index contributed by atoms with van der Waals surface area (Å²) in [5.74, 6) is -0.868. The molecule has 0 radical (unpaired) electrons. The highest BCUT2D eigenvalue weighted by Gasteiger charge is 2.55. The first kappa shape index (κ1) is 18.8. The predicted molar refractivity (Wildman–Crippen MR) is 95.0 cm³/mol. The topological polar surface area (TPSA) is 104 Å². The molecule has 3 rings (SSSR count). The molecule has 1 aromatic carbocycles. The number of benzene rings is 1. The molecule has 1 aliphatic carbocycles. The average molecular weight is 380 g/mol. The molecule has 0 unspecified atom stereocenters. The first-order valence-electron chi connectivity index (χ1n) is 8.88. The highest BCUT2D eigenvalue weighted by atomic mass is 32.2. The van der Waals surface area contributed by atoms with Crippen molar-refractivity contribution in [2.45, 2.75) is 37.5 Å². The van der Waals surface area contributed by atoms with E-state index < -0.39 is 21.4 Å². The van der Waals surface area contributed by atoms with Gasteiger partial charge < -0.3 is 10.0 Å². The summed E-state index contributed by atoms with van der Waals surface area (Å²) in [4.78, 5) is 26.1. The maximum absolute atomic E-state index is 12.6. The second kappa shape index (κ2) is 7.00. The molecule has 0 aromatic heterocycles. The lowest BCUT2D eigenvalue weighted by molar-refractivity contribution is -0.149. The van der Waals surface area contributed by atoms with Crippen molar-refractivity contribution in [3.63, 3.8) is 0 Å². The zero-order valence-electron chi connectivity index (χ0n) is 14.8. The number of carboxylic acids is 1. The average Bonchev–Trinajstić information content (AvgIpc) is 3.13. The Bertz CT molecular complexity index is 805. The minimum atomic E-state index is -3.51. The van der Waals surface area contributed by atoms with Gasteiger partial charge in [0.15, 0.2) is 0 Å². The zero-order chi connectivity index (χ0) is 18.9. The summed E-state index contributed by atoms with van der Waals surface area (Å²) < 4.78 is 26.3. The van der Waals surface area contributed by atoms with Crippen molar-refractivity contribution >= 4 is 21.9 Å². The van der Waals surface area contributed by atoms with Crippen LogP contribution in [0, 0.1) is 11.3 Å². The van der Waals surface area contributed by atoms with Gasteiger partial charge in [-0.1, -0.05) is 25.5 Å². The molecular weight excluding hydrogens is 356 g/mol. The van der Waals surface area contributed by atoms with E-state index in [0.29, 0.717) is 25.1 Å². The van der Waals surface area contributed by atoms with E-state index in [9.17, 15) is 23.1 Å². The fraction of sp³-hybridized carbons (Fsp3) is 0.556. The number of carboxylic acid groups (broad SMARTS) is 1. The van der Waals surface area contributed by atoms with Gasteiger partial charge in [0.25, 0.3) is 0 Å². The summed E-state index contributed by atoms with van der Waals surface area (Å²) in [7, 11) is -3.51. The Balaban J connectivity index is 1.67. The van der Waals surface area contributed by atoms with Gasteiger partial charge in [0.2, 0.25) is 15.9 Å². The van der Waals surface area contributed by atoms with Crippen LogP contribution >= 0.6 is 0 Å². The van der Waals surface area contributed by atoms with Crippen LogP contribution in [0.15, 0.2) is 29.2 Å². The van der Waals surface area contributed by atoms with Crippen molar-refractivity contribution in [3.05, 3.63) is 29.8 Å². The quantitative estimate of drug-likeness (QED) is 0.773. The van der Waals surface area contributed by atoms with Crippen LogP contribution in [-0.4, -0.2) is 49.9 Å². The van der Waals surface area contributed by atoms with Crippen LogP contribution in [0.1, 0.15) is 31.7 Å². The van der Waals surface area contributed by atoms with Crippen molar-refractivity contribution in [3.8, 4) is 0 Å². The van der Waals surface area contributed by atoms with Gasteiger partial charge in [0, 0.05) is 19.6 Å². The number of hydrogen-bond donors (Lipinski definition) is 2. The standard InChI is InChI=1S/C18H24N2O5S/c1-2-19-26(24,25)15-7-5-13(6-8-15)10-16(21)20-11-14-4-3-9-18(14,12-20)17(22)23/h5-8,14,19H,2-4,9-12H2,1H3,(H,22,23)/t14-,18+/m0/s1. The monoisotopic (exact) mass is 380 g/mol. The van der Waals surface area contributed by atoms with Crippen molar-refractivity contribution in [2.24, 2.45) is 11.3 Å². The number of hydrogen-bond acceptors (Lipinski definition) is 4. The van der Waals surface area contributed by atoms with Crippen molar-refractivity contribution in [2.75, 3.05) is 19.6 Å². The molecule has 2 N–H and O–H groups in total. The van der Waals surface area contributed by atoms with E-state index in [0.717, 1.165) is 12.8 Å². The summed E-state index contributed by atoms with van der Waals surface area (Å²) in [6.07, 6.45) is 2.53. The molecule has 7 nitrogen and oxygen atoms in total. The number of amides is 1. The Hall–Kier alpha value is -1.93. The molecule has 26 heavy (non-hydrogen) atoms. The Morgan fingerprint density at radius 1 is 1.31 bits per heavy atom. The van der Waals surface area contributed by atoms with Gasteiger partial charge in [-0.05, 0) is 36.5 Å². The summed E-state index contributed by atoms with van der Waals surface area (Å²) >= 11 is 0. The maximum Gasteiger partial charge on any atom is 0.311 e. The van der Waals surface area contributed by atoms with Crippen LogP contribution in [0.25, 0.3) is 0 Å². The molecule has 0 bridgehead atoms. The molecule has 142 valence electrons. The van der Waals surface area contributed by atoms with Crippen LogP contribution < -0.4 is 4.72 Å². The molecule has 8 heteroatoms. The van der Waals surface area contributed by atoms with E-state index in [1.165, 1.54) is 12.1 Å². The Kier molecular flexibility index (Phi) is 5.07. The largest absolute Gasteiger partial charge is 0.481 e.